The van der Waals surface area contributed by atoms with Crippen LogP contribution in [0.4, 0.5) is 0 Å². The molecule has 18 heteroatoms. The number of amides is 6. The molecule has 2 fully saturated rings. The average molecular weight is 977 g/mol. The van der Waals surface area contributed by atoms with Crippen LogP contribution in [-0.4, -0.2) is 109 Å². The molecule has 18 nitrogen and oxygen atoms in total. The van der Waals surface area contributed by atoms with E-state index in [-0.39, 0.29) is 56.1 Å². The molecule has 69 heavy (non-hydrogen) atoms. The zero-order chi connectivity index (χ0) is 50.2. The molecule has 0 atom stereocenters. The average Bonchev–Trinajstić information content (AvgIpc) is 3.81. The van der Waals surface area contributed by atoms with Crippen LogP contribution in [0.5, 0.6) is 0 Å². The molecule has 2 saturated heterocycles. The predicted octanol–water partition coefficient (Wildman–Crippen LogP) is 7.70. The van der Waals surface area contributed by atoms with Crippen molar-refractivity contribution < 1.29 is 67.1 Å². The molecule has 392 valence electrons. The number of carbonyl (C=O) groups is 10. The maximum absolute atomic E-state index is 12.2. The number of hydroxylamine groups is 4. The topological polar surface area (TPSA) is 238 Å². The van der Waals surface area contributed by atoms with Gasteiger partial charge in [0.15, 0.2) is 0 Å². The lowest BCUT2D eigenvalue weighted by molar-refractivity contribution is -0.197. The Labute approximate surface area is 410 Å². The van der Waals surface area contributed by atoms with Gasteiger partial charge in [-0.3, -0.25) is 38.4 Å². The normalized spacial score (nSPS) is 13.6. The largest absolute Gasteiger partial charge is 0.381 e. The number of nitrogens with zero attached hydrogens (tertiary/aromatic N) is 2. The highest BCUT2D eigenvalue weighted by atomic mass is 16.7. The van der Waals surface area contributed by atoms with Gasteiger partial charge in [0.1, 0.15) is 11.6 Å². The van der Waals surface area contributed by atoms with Crippen LogP contribution in [0.15, 0.2) is 0 Å². The van der Waals surface area contributed by atoms with E-state index in [4.69, 9.17) is 19.1 Å². The quantitative estimate of drug-likeness (QED) is 0.0439. The Balaban J connectivity index is 1.22. The van der Waals surface area contributed by atoms with Crippen molar-refractivity contribution in [1.29, 1.82) is 0 Å². The Kier molecular flexibility index (Phi) is 35.3. The monoisotopic (exact) mass is 977 g/mol. The summed E-state index contributed by atoms with van der Waals surface area (Å²) >= 11 is 0. The van der Waals surface area contributed by atoms with Crippen LogP contribution in [0.3, 0.4) is 0 Å². The summed E-state index contributed by atoms with van der Waals surface area (Å²) in [6, 6.07) is 0. The second-order valence-electron chi connectivity index (χ2n) is 18.2. The Morgan fingerprint density at radius 3 is 1.04 bits per heavy atom. The number of unbranched alkanes of at least 4 members (excludes halogenated alkanes) is 18. The summed E-state index contributed by atoms with van der Waals surface area (Å²) < 4.78 is 11.1. The standard InChI is InChI=1S/C51H84N4O14/c56-42(25-16-8-3-4-11-19-28-50(64)68-54-46(60)30-31-47(54)61)24-15-7-1-2-9-17-26-43(57)34-40-66-38-23-39-67-41-35-45(59)53-37-22-13-5-10-18-27-44(58)52-36-21-14-6-12-20-29-51(65)69-55-48(62)32-33-49(55)63/h1-41H2,(H,52,58)(H,53,59). The summed E-state index contributed by atoms with van der Waals surface area (Å²) in [5.74, 6) is -2.46. The first kappa shape index (κ1) is 60.5. The summed E-state index contributed by atoms with van der Waals surface area (Å²) in [5, 5.41) is 7.04. The maximum atomic E-state index is 12.2. The fourth-order valence-corrected chi connectivity index (χ4v) is 7.83. The number of hydrogen-bond acceptors (Lipinski definition) is 14. The molecule has 0 radical (unpaired) electrons. The third-order valence-electron chi connectivity index (χ3n) is 12.0. The summed E-state index contributed by atoms with van der Waals surface area (Å²) in [6.07, 6.45) is 24.5. The third kappa shape index (κ3) is 32.8. The van der Waals surface area contributed by atoms with Crippen molar-refractivity contribution in [3.63, 3.8) is 0 Å². The van der Waals surface area contributed by atoms with Crippen molar-refractivity contribution in [2.45, 2.75) is 225 Å². The minimum absolute atomic E-state index is 0.0337. The molecule has 0 aliphatic carbocycles. The molecule has 0 bridgehead atoms. The highest BCUT2D eigenvalue weighted by molar-refractivity contribution is 6.02. The second kappa shape index (κ2) is 40.2. The highest BCUT2D eigenvalue weighted by Crippen LogP contribution is 2.17. The van der Waals surface area contributed by atoms with E-state index in [0.29, 0.717) is 113 Å². The SMILES string of the molecule is O=C(CCCCCCCCC(=O)CCOCCCOCCC(=O)NCCCCCCCC(=O)NCCCCCCCC(=O)ON1C(=O)CCC1=O)CCCCCCCCC(=O)ON1C(=O)CCC1=O. The van der Waals surface area contributed by atoms with Gasteiger partial charge in [-0.25, -0.2) is 9.59 Å². The molecule has 2 N–H and O–H groups in total. The van der Waals surface area contributed by atoms with Crippen molar-refractivity contribution in [2.75, 3.05) is 39.5 Å². The summed E-state index contributed by atoms with van der Waals surface area (Å²) in [7, 11) is 0. The molecule has 0 aromatic carbocycles. The summed E-state index contributed by atoms with van der Waals surface area (Å²) in [5.41, 5.74) is 0. The first-order valence-corrected chi connectivity index (χ1v) is 26.3. The number of imide groups is 2. The Morgan fingerprint density at radius 1 is 0.333 bits per heavy atom. The number of nitrogens with one attached hydrogen (secondary N) is 2. The molecule has 0 aromatic rings. The Bertz CT molecular complexity index is 1430. The molecule has 2 aliphatic heterocycles. The molecular weight excluding hydrogens is 893 g/mol. The molecule has 2 aliphatic rings. The molecule has 0 unspecified atom stereocenters. The fraction of sp³-hybridized carbons (Fsp3) is 0.804. The minimum atomic E-state index is -0.570. The van der Waals surface area contributed by atoms with E-state index in [0.717, 1.165) is 128 Å². The van der Waals surface area contributed by atoms with Gasteiger partial charge in [0.25, 0.3) is 23.6 Å². The Morgan fingerprint density at radius 2 is 0.638 bits per heavy atom. The number of ketones is 2. The lowest BCUT2D eigenvalue weighted by atomic mass is 10.0. The van der Waals surface area contributed by atoms with Gasteiger partial charge in [-0.05, 0) is 57.8 Å². The zero-order valence-electron chi connectivity index (χ0n) is 41.6. The van der Waals surface area contributed by atoms with Gasteiger partial charge in [-0.1, -0.05) is 89.9 Å². The van der Waals surface area contributed by atoms with Gasteiger partial charge in [0.2, 0.25) is 11.8 Å². The van der Waals surface area contributed by atoms with Crippen molar-refractivity contribution in [3.05, 3.63) is 0 Å². The van der Waals surface area contributed by atoms with Crippen LogP contribution in [0.1, 0.15) is 225 Å². The van der Waals surface area contributed by atoms with Crippen LogP contribution < -0.4 is 10.6 Å². The molecule has 6 amide bonds. The highest BCUT2D eigenvalue weighted by Gasteiger charge is 2.33. The lowest BCUT2D eigenvalue weighted by Gasteiger charge is -2.12. The van der Waals surface area contributed by atoms with Gasteiger partial charge < -0.3 is 29.8 Å². The summed E-state index contributed by atoms with van der Waals surface area (Å²) in [6.45, 7) is 3.00. The van der Waals surface area contributed by atoms with Gasteiger partial charge in [0.05, 0.1) is 13.2 Å². The van der Waals surface area contributed by atoms with E-state index < -0.39 is 35.6 Å². The van der Waals surface area contributed by atoms with Crippen LogP contribution in [0.2, 0.25) is 0 Å². The molecule has 0 saturated carbocycles. The molecule has 0 spiro atoms. The number of ether oxygens (including phenoxy) is 2. The van der Waals surface area contributed by atoms with Crippen LogP contribution in [0, 0.1) is 0 Å². The number of carbonyl (C=O) groups excluding carboxylic acids is 10. The van der Waals surface area contributed by atoms with Crippen LogP contribution in [0.25, 0.3) is 0 Å². The maximum Gasteiger partial charge on any atom is 0.333 e. The van der Waals surface area contributed by atoms with E-state index >= 15 is 0 Å². The van der Waals surface area contributed by atoms with E-state index in [2.05, 4.69) is 10.6 Å². The van der Waals surface area contributed by atoms with E-state index in [1.807, 2.05) is 0 Å². The van der Waals surface area contributed by atoms with E-state index in [9.17, 15) is 47.9 Å². The van der Waals surface area contributed by atoms with Gasteiger partial charge in [0, 0.05) is 103 Å². The number of hydrogen-bond donors (Lipinski definition) is 2. The van der Waals surface area contributed by atoms with Gasteiger partial charge in [-0.2, -0.15) is 0 Å². The minimum Gasteiger partial charge on any atom is -0.381 e. The van der Waals surface area contributed by atoms with Crippen molar-refractivity contribution in [2.24, 2.45) is 0 Å². The third-order valence-corrected chi connectivity index (χ3v) is 12.0. The van der Waals surface area contributed by atoms with Crippen LogP contribution >= 0.6 is 0 Å². The van der Waals surface area contributed by atoms with Gasteiger partial charge >= 0.3 is 11.9 Å². The fourth-order valence-electron chi connectivity index (χ4n) is 7.83. The first-order chi connectivity index (χ1) is 33.5. The van der Waals surface area contributed by atoms with E-state index in [1.54, 1.807) is 0 Å². The zero-order valence-corrected chi connectivity index (χ0v) is 41.6. The molecule has 2 rings (SSSR count). The Hall–Kier alpha value is -4.58. The van der Waals surface area contributed by atoms with E-state index in [1.165, 1.54) is 0 Å². The van der Waals surface area contributed by atoms with Crippen molar-refractivity contribution in [3.8, 4) is 0 Å². The smallest absolute Gasteiger partial charge is 0.333 e. The van der Waals surface area contributed by atoms with Crippen molar-refractivity contribution >= 4 is 58.9 Å². The molecule has 0 aromatic heterocycles. The molecular formula is C51H84N4O14. The number of Topliss-reactive ketones (excluding diaryl/α,β-unsaturated/α-hetero) is 2. The first-order valence-electron chi connectivity index (χ1n) is 26.3. The summed E-state index contributed by atoms with van der Waals surface area (Å²) in [4.78, 5) is 128. The second-order valence-corrected chi connectivity index (χ2v) is 18.2. The molecule has 2 heterocycles. The lowest BCUT2D eigenvalue weighted by Crippen LogP contribution is -2.31. The van der Waals surface area contributed by atoms with Crippen molar-refractivity contribution in [1.82, 2.24) is 20.8 Å². The predicted molar refractivity (Wildman–Crippen MR) is 255 cm³/mol. The van der Waals surface area contributed by atoms with Crippen LogP contribution in [-0.2, 0) is 67.1 Å². The number of rotatable bonds is 46. The van der Waals surface area contributed by atoms with Gasteiger partial charge in [-0.15, -0.1) is 10.1 Å².